The molecule has 0 bridgehead atoms. The quantitative estimate of drug-likeness (QED) is 0.688. The summed E-state index contributed by atoms with van der Waals surface area (Å²) in [7, 11) is 1.46. The number of hydrogen-bond donors (Lipinski definition) is 1. The van der Waals surface area contributed by atoms with Gasteiger partial charge in [-0.15, -0.1) is 0 Å². The van der Waals surface area contributed by atoms with Crippen LogP contribution in [0.3, 0.4) is 0 Å². The summed E-state index contributed by atoms with van der Waals surface area (Å²) in [4.78, 5) is 0. The second-order valence-electron chi connectivity index (χ2n) is 2.40. The first kappa shape index (κ1) is 8.97. The fourth-order valence-corrected chi connectivity index (χ4v) is 0.836. The summed E-state index contributed by atoms with van der Waals surface area (Å²) in [6.07, 6.45) is 2.59. The van der Waals surface area contributed by atoms with Gasteiger partial charge in [-0.25, -0.2) is 0 Å². The van der Waals surface area contributed by atoms with Gasteiger partial charge in [0.2, 0.25) is 0 Å². The minimum absolute atomic E-state index is 0.815. The largest absolute Gasteiger partial charge is 0.365 e. The fourth-order valence-electron chi connectivity index (χ4n) is 0.836. The van der Waals surface area contributed by atoms with Crippen molar-refractivity contribution in [2.75, 3.05) is 7.11 Å². The molecule has 1 aromatic carbocycles. The van der Waals surface area contributed by atoms with Crippen LogP contribution in [0, 0.1) is 0 Å². The van der Waals surface area contributed by atoms with Gasteiger partial charge in [-0.2, -0.15) is 0 Å². The molecule has 0 fully saturated rings. The molecule has 2 heteroatoms. The molecule has 0 amide bonds. The van der Waals surface area contributed by atoms with E-state index in [2.05, 4.69) is 4.74 Å². The summed E-state index contributed by atoms with van der Waals surface area (Å²) in [5.74, 6) is 0. The average molecular weight is 164 g/mol. The van der Waals surface area contributed by atoms with Gasteiger partial charge in [0.15, 0.2) is 6.29 Å². The number of ether oxygens (including phenoxy) is 1. The van der Waals surface area contributed by atoms with Crippen molar-refractivity contribution in [3.63, 3.8) is 0 Å². The first-order chi connectivity index (χ1) is 5.83. The van der Waals surface area contributed by atoms with E-state index in [1.165, 1.54) is 7.11 Å². The van der Waals surface area contributed by atoms with E-state index in [9.17, 15) is 0 Å². The molecule has 1 aromatic rings. The van der Waals surface area contributed by atoms with Gasteiger partial charge in [-0.1, -0.05) is 36.4 Å². The maximum atomic E-state index is 9.01. The first-order valence-corrected chi connectivity index (χ1v) is 3.77. The van der Waals surface area contributed by atoms with E-state index in [4.69, 9.17) is 5.11 Å². The highest BCUT2D eigenvalue weighted by Gasteiger charge is 1.91. The Hall–Kier alpha value is -1.12. The Morgan fingerprint density at radius 2 is 2.00 bits per heavy atom. The normalized spacial score (nSPS) is 13.5. The molecule has 1 rings (SSSR count). The van der Waals surface area contributed by atoms with Gasteiger partial charge < -0.3 is 9.84 Å². The van der Waals surface area contributed by atoms with Gasteiger partial charge >= 0.3 is 0 Å². The smallest absolute Gasteiger partial charge is 0.174 e. The van der Waals surface area contributed by atoms with Gasteiger partial charge in [-0.05, 0) is 11.6 Å². The van der Waals surface area contributed by atoms with E-state index in [0.717, 1.165) is 5.56 Å². The molecule has 12 heavy (non-hydrogen) atoms. The minimum atomic E-state index is -0.815. The summed E-state index contributed by atoms with van der Waals surface area (Å²) in [5, 5.41) is 9.01. The van der Waals surface area contributed by atoms with Crippen molar-refractivity contribution in [3.05, 3.63) is 42.0 Å². The van der Waals surface area contributed by atoms with E-state index >= 15 is 0 Å². The second-order valence-corrected chi connectivity index (χ2v) is 2.40. The summed E-state index contributed by atoms with van der Waals surface area (Å²) < 4.78 is 4.64. The molecule has 0 radical (unpaired) electrons. The molecule has 0 saturated carbocycles. The van der Waals surface area contributed by atoms with E-state index < -0.39 is 6.29 Å². The molecule has 2 nitrogen and oxygen atoms in total. The molecule has 1 N–H and O–H groups in total. The first-order valence-electron chi connectivity index (χ1n) is 3.77. The summed E-state index contributed by atoms with van der Waals surface area (Å²) in [6, 6.07) is 9.75. The molecular weight excluding hydrogens is 152 g/mol. The van der Waals surface area contributed by atoms with Crippen molar-refractivity contribution >= 4 is 6.08 Å². The standard InChI is InChI=1S/C10H12O2/c1-12-10(11)8-7-9-5-3-2-4-6-9/h2-8,10-11H,1H3/b8-7+/t10-/m0/s1. The van der Waals surface area contributed by atoms with Crippen molar-refractivity contribution in [3.8, 4) is 0 Å². The van der Waals surface area contributed by atoms with Gasteiger partial charge in [0, 0.05) is 7.11 Å². The van der Waals surface area contributed by atoms with Gasteiger partial charge in [-0.3, -0.25) is 0 Å². The predicted molar refractivity (Wildman–Crippen MR) is 48.5 cm³/mol. The van der Waals surface area contributed by atoms with Crippen molar-refractivity contribution in [1.82, 2.24) is 0 Å². The zero-order valence-corrected chi connectivity index (χ0v) is 6.97. The van der Waals surface area contributed by atoms with E-state index in [1.807, 2.05) is 36.4 Å². The predicted octanol–water partition coefficient (Wildman–Crippen LogP) is 1.66. The third-order valence-electron chi connectivity index (χ3n) is 1.49. The van der Waals surface area contributed by atoms with Gasteiger partial charge in [0.1, 0.15) is 0 Å². The average Bonchev–Trinajstić information content (AvgIpc) is 2.16. The summed E-state index contributed by atoms with van der Waals surface area (Å²) in [6.45, 7) is 0. The second kappa shape index (κ2) is 4.70. The van der Waals surface area contributed by atoms with Gasteiger partial charge in [0.05, 0.1) is 0 Å². The Balaban J connectivity index is 2.58. The maximum absolute atomic E-state index is 9.01. The van der Waals surface area contributed by atoms with E-state index in [1.54, 1.807) is 6.08 Å². The number of benzene rings is 1. The molecule has 0 aliphatic carbocycles. The number of methoxy groups -OCH3 is 1. The molecule has 0 unspecified atom stereocenters. The third kappa shape index (κ3) is 2.86. The number of rotatable bonds is 3. The highest BCUT2D eigenvalue weighted by atomic mass is 16.6. The van der Waals surface area contributed by atoms with Crippen molar-refractivity contribution in [2.24, 2.45) is 0 Å². The lowest BCUT2D eigenvalue weighted by atomic mass is 10.2. The van der Waals surface area contributed by atoms with Crippen LogP contribution in [0.5, 0.6) is 0 Å². The van der Waals surface area contributed by atoms with Crippen LogP contribution in [0.15, 0.2) is 36.4 Å². The Morgan fingerprint density at radius 1 is 1.33 bits per heavy atom. The molecule has 0 saturated heterocycles. The van der Waals surface area contributed by atoms with Crippen molar-refractivity contribution in [1.29, 1.82) is 0 Å². The summed E-state index contributed by atoms with van der Waals surface area (Å²) >= 11 is 0. The molecule has 1 atom stereocenters. The highest BCUT2D eigenvalue weighted by molar-refractivity contribution is 5.48. The van der Waals surface area contributed by atoms with Crippen LogP contribution < -0.4 is 0 Å². The van der Waals surface area contributed by atoms with Crippen LogP contribution in [0.25, 0.3) is 6.08 Å². The Labute approximate surface area is 72.1 Å². The van der Waals surface area contributed by atoms with Crippen LogP contribution in [0.4, 0.5) is 0 Å². The molecule has 0 aliphatic rings. The van der Waals surface area contributed by atoms with Crippen LogP contribution in [-0.4, -0.2) is 18.5 Å². The highest BCUT2D eigenvalue weighted by Crippen LogP contribution is 2.01. The summed E-state index contributed by atoms with van der Waals surface area (Å²) in [5.41, 5.74) is 1.05. The molecule has 0 aromatic heterocycles. The van der Waals surface area contributed by atoms with Crippen LogP contribution in [0.2, 0.25) is 0 Å². The lowest BCUT2D eigenvalue weighted by Gasteiger charge is -2.00. The SMILES string of the molecule is CO[C@H](O)/C=C/c1ccccc1. The minimum Gasteiger partial charge on any atom is -0.365 e. The van der Waals surface area contributed by atoms with E-state index in [0.29, 0.717) is 0 Å². The van der Waals surface area contributed by atoms with Crippen LogP contribution >= 0.6 is 0 Å². The molecule has 0 heterocycles. The Kier molecular flexibility index (Phi) is 3.51. The topological polar surface area (TPSA) is 29.5 Å². The number of aliphatic hydroxyl groups excluding tert-OH is 1. The lowest BCUT2D eigenvalue weighted by molar-refractivity contribution is -0.0350. The molecular formula is C10H12O2. The maximum Gasteiger partial charge on any atom is 0.174 e. The monoisotopic (exact) mass is 164 g/mol. The molecule has 0 aliphatic heterocycles. The van der Waals surface area contributed by atoms with Crippen molar-refractivity contribution < 1.29 is 9.84 Å². The zero-order valence-electron chi connectivity index (χ0n) is 6.97. The van der Waals surface area contributed by atoms with Crippen molar-refractivity contribution in [2.45, 2.75) is 6.29 Å². The van der Waals surface area contributed by atoms with E-state index in [-0.39, 0.29) is 0 Å². The number of aliphatic hydroxyl groups is 1. The Bertz CT molecular complexity index is 241. The van der Waals surface area contributed by atoms with Crippen LogP contribution in [0.1, 0.15) is 5.56 Å². The lowest BCUT2D eigenvalue weighted by Crippen LogP contribution is -2.03. The Morgan fingerprint density at radius 3 is 2.58 bits per heavy atom. The zero-order chi connectivity index (χ0) is 8.81. The molecule has 64 valence electrons. The van der Waals surface area contributed by atoms with Gasteiger partial charge in [0.25, 0.3) is 0 Å². The molecule has 0 spiro atoms. The number of hydrogen-bond acceptors (Lipinski definition) is 2. The fraction of sp³-hybridized carbons (Fsp3) is 0.200. The van der Waals surface area contributed by atoms with Crippen LogP contribution in [-0.2, 0) is 4.74 Å². The third-order valence-corrected chi connectivity index (χ3v) is 1.49.